The van der Waals surface area contributed by atoms with Crippen LogP contribution in [0.15, 0.2) is 12.1 Å². The average Bonchev–Trinajstić information content (AvgIpc) is 2.28. The highest BCUT2D eigenvalue weighted by molar-refractivity contribution is 6.30. The van der Waals surface area contributed by atoms with E-state index in [9.17, 15) is 4.79 Å². The van der Waals surface area contributed by atoms with Crippen LogP contribution >= 0.6 is 11.6 Å². The second kappa shape index (κ2) is 6.27. The minimum absolute atomic E-state index is 0.159. The number of nitriles is 1. The molecular weight excluding hydrogens is 238 g/mol. The minimum atomic E-state index is -0.298. The Morgan fingerprint density at radius 1 is 1.47 bits per heavy atom. The molecule has 3 nitrogen and oxygen atoms in total. The Balaban J connectivity index is 3.10. The molecule has 0 bridgehead atoms. The van der Waals surface area contributed by atoms with Crippen molar-refractivity contribution in [3.8, 4) is 6.07 Å². The first-order valence-corrected chi connectivity index (χ1v) is 5.87. The Bertz CT molecular complexity index is 463. The Kier molecular flexibility index (Phi) is 4.99. The summed E-state index contributed by atoms with van der Waals surface area (Å²) in [7, 11) is 0. The number of nitrogens with zero attached hydrogens (tertiary/aromatic N) is 1. The standard InChI is InChI=1S/C13H14ClNO2/c1-3-12-9(7-13(16)17-4-2)5-11(14)6-10(12)8-15/h5-6H,3-4,7H2,1-2H3. The first-order chi connectivity index (χ1) is 8.12. The highest BCUT2D eigenvalue weighted by atomic mass is 35.5. The predicted molar refractivity (Wildman–Crippen MR) is 65.9 cm³/mol. The van der Waals surface area contributed by atoms with Gasteiger partial charge in [0.2, 0.25) is 0 Å². The highest BCUT2D eigenvalue weighted by Crippen LogP contribution is 2.22. The molecule has 0 radical (unpaired) electrons. The van der Waals surface area contributed by atoms with E-state index in [1.165, 1.54) is 0 Å². The molecule has 0 atom stereocenters. The maximum Gasteiger partial charge on any atom is 0.310 e. The van der Waals surface area contributed by atoms with E-state index in [1.807, 2.05) is 6.92 Å². The fourth-order valence-electron chi connectivity index (χ4n) is 1.74. The molecule has 4 heteroatoms. The van der Waals surface area contributed by atoms with Gasteiger partial charge in [-0.1, -0.05) is 18.5 Å². The van der Waals surface area contributed by atoms with Crippen molar-refractivity contribution in [2.24, 2.45) is 0 Å². The van der Waals surface area contributed by atoms with Crippen molar-refractivity contribution in [2.45, 2.75) is 26.7 Å². The van der Waals surface area contributed by atoms with Crippen molar-refractivity contribution < 1.29 is 9.53 Å². The lowest BCUT2D eigenvalue weighted by atomic mass is 9.97. The quantitative estimate of drug-likeness (QED) is 0.773. The minimum Gasteiger partial charge on any atom is -0.466 e. The molecular formula is C13H14ClNO2. The molecule has 0 amide bonds. The fourth-order valence-corrected chi connectivity index (χ4v) is 1.98. The molecule has 0 unspecified atom stereocenters. The largest absolute Gasteiger partial charge is 0.466 e. The van der Waals surface area contributed by atoms with Crippen LogP contribution in [0, 0.1) is 11.3 Å². The summed E-state index contributed by atoms with van der Waals surface area (Å²) in [5.41, 5.74) is 2.17. The van der Waals surface area contributed by atoms with Gasteiger partial charge in [0, 0.05) is 5.02 Å². The predicted octanol–water partition coefficient (Wildman–Crippen LogP) is 2.88. The van der Waals surface area contributed by atoms with E-state index in [1.54, 1.807) is 19.1 Å². The van der Waals surface area contributed by atoms with Gasteiger partial charge in [-0.2, -0.15) is 5.26 Å². The van der Waals surface area contributed by atoms with E-state index in [2.05, 4.69) is 6.07 Å². The van der Waals surface area contributed by atoms with Gasteiger partial charge < -0.3 is 4.74 Å². The van der Waals surface area contributed by atoms with Crippen LogP contribution in [-0.4, -0.2) is 12.6 Å². The molecule has 0 saturated heterocycles. The Morgan fingerprint density at radius 3 is 2.71 bits per heavy atom. The van der Waals surface area contributed by atoms with E-state index < -0.39 is 0 Å². The zero-order chi connectivity index (χ0) is 12.8. The summed E-state index contributed by atoms with van der Waals surface area (Å²) in [4.78, 5) is 11.4. The SMILES string of the molecule is CCOC(=O)Cc1cc(Cl)cc(C#N)c1CC. The Morgan fingerprint density at radius 2 is 2.18 bits per heavy atom. The van der Waals surface area contributed by atoms with Gasteiger partial charge in [0.1, 0.15) is 0 Å². The van der Waals surface area contributed by atoms with E-state index in [-0.39, 0.29) is 12.4 Å². The molecule has 0 spiro atoms. The summed E-state index contributed by atoms with van der Waals surface area (Å²) >= 11 is 5.92. The van der Waals surface area contributed by atoms with Gasteiger partial charge in [0.05, 0.1) is 24.7 Å². The number of carbonyl (C=O) groups excluding carboxylic acids is 1. The molecule has 0 aliphatic rings. The number of rotatable bonds is 4. The average molecular weight is 252 g/mol. The van der Waals surface area contributed by atoms with E-state index >= 15 is 0 Å². The molecule has 90 valence electrons. The van der Waals surface area contributed by atoms with Crippen molar-refractivity contribution in [3.63, 3.8) is 0 Å². The molecule has 1 rings (SSSR count). The van der Waals surface area contributed by atoms with Crippen LogP contribution in [0.5, 0.6) is 0 Å². The lowest BCUT2D eigenvalue weighted by molar-refractivity contribution is -0.142. The van der Waals surface area contributed by atoms with Crippen LogP contribution in [0.1, 0.15) is 30.5 Å². The van der Waals surface area contributed by atoms with Gasteiger partial charge in [-0.15, -0.1) is 0 Å². The number of esters is 1. The summed E-state index contributed by atoms with van der Waals surface area (Å²) in [5.74, 6) is -0.298. The summed E-state index contributed by atoms with van der Waals surface area (Å²) in [6.07, 6.45) is 0.848. The summed E-state index contributed by atoms with van der Waals surface area (Å²) in [6, 6.07) is 5.44. The molecule has 0 aliphatic carbocycles. The van der Waals surface area contributed by atoms with Crippen LogP contribution in [0.3, 0.4) is 0 Å². The Hall–Kier alpha value is -1.53. The number of ether oxygens (including phenoxy) is 1. The molecule has 0 fully saturated rings. The number of halogens is 1. The normalized spacial score (nSPS) is 9.76. The van der Waals surface area contributed by atoms with Crippen LogP contribution in [0.25, 0.3) is 0 Å². The van der Waals surface area contributed by atoms with E-state index in [0.29, 0.717) is 23.6 Å². The third-order valence-corrected chi connectivity index (χ3v) is 2.64. The fraction of sp³-hybridized carbons (Fsp3) is 0.385. The number of carbonyl (C=O) groups is 1. The van der Waals surface area contributed by atoms with Crippen LogP contribution in [-0.2, 0) is 22.4 Å². The summed E-state index contributed by atoms with van der Waals surface area (Å²) in [6.45, 7) is 4.06. The molecule has 0 N–H and O–H groups in total. The van der Waals surface area contributed by atoms with Crippen LogP contribution in [0.2, 0.25) is 5.02 Å². The monoisotopic (exact) mass is 251 g/mol. The second-order valence-electron chi connectivity index (χ2n) is 3.54. The molecule has 0 aliphatic heterocycles. The van der Waals surface area contributed by atoms with Crippen LogP contribution in [0.4, 0.5) is 0 Å². The van der Waals surface area contributed by atoms with Gasteiger partial charge >= 0.3 is 5.97 Å². The van der Waals surface area contributed by atoms with Gasteiger partial charge in [0.15, 0.2) is 0 Å². The van der Waals surface area contributed by atoms with Crippen molar-refractivity contribution in [1.29, 1.82) is 5.26 Å². The van der Waals surface area contributed by atoms with E-state index in [4.69, 9.17) is 21.6 Å². The smallest absolute Gasteiger partial charge is 0.310 e. The molecule has 0 saturated carbocycles. The Labute approximate surface area is 106 Å². The lowest BCUT2D eigenvalue weighted by Gasteiger charge is -2.10. The summed E-state index contributed by atoms with van der Waals surface area (Å²) < 4.78 is 4.89. The topological polar surface area (TPSA) is 50.1 Å². The zero-order valence-electron chi connectivity index (χ0n) is 9.92. The second-order valence-corrected chi connectivity index (χ2v) is 3.97. The molecule has 0 aromatic heterocycles. The van der Waals surface area contributed by atoms with Crippen LogP contribution < -0.4 is 0 Å². The number of hydrogen-bond donors (Lipinski definition) is 0. The first-order valence-electron chi connectivity index (χ1n) is 5.49. The maximum absolute atomic E-state index is 11.4. The molecule has 1 aromatic rings. The molecule has 17 heavy (non-hydrogen) atoms. The number of hydrogen-bond acceptors (Lipinski definition) is 3. The van der Waals surface area contributed by atoms with Crippen molar-refractivity contribution in [3.05, 3.63) is 33.8 Å². The summed E-state index contributed by atoms with van der Waals surface area (Å²) in [5, 5.41) is 9.48. The van der Waals surface area contributed by atoms with Gasteiger partial charge in [-0.3, -0.25) is 4.79 Å². The third-order valence-electron chi connectivity index (χ3n) is 2.42. The van der Waals surface area contributed by atoms with Gasteiger partial charge in [0.25, 0.3) is 0 Å². The highest BCUT2D eigenvalue weighted by Gasteiger charge is 2.12. The van der Waals surface area contributed by atoms with Crippen molar-refractivity contribution in [1.82, 2.24) is 0 Å². The maximum atomic E-state index is 11.4. The number of benzene rings is 1. The van der Waals surface area contributed by atoms with E-state index in [0.717, 1.165) is 11.1 Å². The molecule has 1 aromatic carbocycles. The molecule has 0 heterocycles. The zero-order valence-corrected chi connectivity index (χ0v) is 10.7. The first kappa shape index (κ1) is 13.5. The third kappa shape index (κ3) is 3.47. The van der Waals surface area contributed by atoms with Gasteiger partial charge in [-0.05, 0) is 36.6 Å². The lowest BCUT2D eigenvalue weighted by Crippen LogP contribution is -2.10. The van der Waals surface area contributed by atoms with Crippen molar-refractivity contribution >= 4 is 17.6 Å². The van der Waals surface area contributed by atoms with Gasteiger partial charge in [-0.25, -0.2) is 0 Å². The van der Waals surface area contributed by atoms with Crippen molar-refractivity contribution in [2.75, 3.05) is 6.61 Å².